The van der Waals surface area contributed by atoms with E-state index in [9.17, 15) is 0 Å². The minimum atomic E-state index is -0.663. The van der Waals surface area contributed by atoms with Gasteiger partial charge in [0.25, 0.3) is 0 Å². The summed E-state index contributed by atoms with van der Waals surface area (Å²) >= 11 is 1.91. The lowest BCUT2D eigenvalue weighted by Crippen LogP contribution is -2.20. The van der Waals surface area contributed by atoms with Gasteiger partial charge in [0.05, 0.1) is 0 Å². The second-order valence-electron chi connectivity index (χ2n) is 8.06. The third kappa shape index (κ3) is 4.32. The molecule has 0 nitrogen and oxygen atoms in total. The van der Waals surface area contributed by atoms with E-state index in [1.807, 2.05) is 11.3 Å². The minimum absolute atomic E-state index is 0.663. The van der Waals surface area contributed by atoms with E-state index < -0.39 is 7.92 Å². The van der Waals surface area contributed by atoms with Gasteiger partial charge in [-0.1, -0.05) is 120 Å². The third-order valence-corrected chi connectivity index (χ3v) is 9.48. The molecule has 4 aromatic carbocycles. The van der Waals surface area contributed by atoms with Gasteiger partial charge in [-0.25, -0.2) is 0 Å². The van der Waals surface area contributed by atoms with Crippen LogP contribution in [0.2, 0.25) is 0 Å². The van der Waals surface area contributed by atoms with Crippen molar-refractivity contribution in [3.05, 3.63) is 126 Å². The Morgan fingerprint density at radius 1 is 0.531 bits per heavy atom. The highest BCUT2D eigenvalue weighted by Crippen LogP contribution is 2.43. The molecule has 0 spiro atoms. The van der Waals surface area contributed by atoms with E-state index in [1.54, 1.807) is 0 Å². The summed E-state index contributed by atoms with van der Waals surface area (Å²) in [5.41, 5.74) is 5.17. The van der Waals surface area contributed by atoms with Crippen molar-refractivity contribution in [1.82, 2.24) is 0 Å². The van der Waals surface area contributed by atoms with E-state index in [1.165, 1.54) is 47.9 Å². The molecule has 0 fully saturated rings. The number of hydrogen-bond acceptors (Lipinski definition) is 1. The number of benzene rings is 4. The summed E-state index contributed by atoms with van der Waals surface area (Å²) in [5, 5.41) is 4.20. The SMILES string of the molecule is Cc1ccc(-c2cc(P(c3ccccc3)c3ccccc3)c(-c3ccc(C)cc3)s2)cc1. The van der Waals surface area contributed by atoms with Crippen molar-refractivity contribution in [2.75, 3.05) is 0 Å². The van der Waals surface area contributed by atoms with E-state index in [0.29, 0.717) is 0 Å². The van der Waals surface area contributed by atoms with Gasteiger partial charge in [0.2, 0.25) is 0 Å². The van der Waals surface area contributed by atoms with Gasteiger partial charge in [0.15, 0.2) is 0 Å². The molecule has 0 aliphatic carbocycles. The molecule has 0 atom stereocenters. The first-order chi connectivity index (χ1) is 15.7. The standard InChI is InChI=1S/C30H25PS/c1-22-13-17-24(18-14-22)29-21-28(30(32-29)25-19-15-23(2)16-20-25)31(26-9-5-3-6-10-26)27-11-7-4-8-12-27/h3-21H,1-2H3. The molecule has 2 heteroatoms. The molecular formula is C30H25PS. The van der Waals surface area contributed by atoms with Crippen LogP contribution in [0.25, 0.3) is 20.9 Å². The maximum absolute atomic E-state index is 2.44. The molecule has 1 aromatic heterocycles. The van der Waals surface area contributed by atoms with Crippen LogP contribution in [-0.2, 0) is 0 Å². The van der Waals surface area contributed by atoms with Crippen LogP contribution in [0.3, 0.4) is 0 Å². The number of hydrogen-bond donors (Lipinski definition) is 0. The van der Waals surface area contributed by atoms with Crippen LogP contribution in [0.1, 0.15) is 11.1 Å². The Balaban J connectivity index is 1.74. The maximum Gasteiger partial charge on any atom is 0.0432 e. The van der Waals surface area contributed by atoms with E-state index in [2.05, 4.69) is 129 Å². The quantitative estimate of drug-likeness (QED) is 0.245. The van der Waals surface area contributed by atoms with E-state index >= 15 is 0 Å². The van der Waals surface area contributed by atoms with Gasteiger partial charge in [-0.05, 0) is 49.6 Å². The molecule has 1 heterocycles. The summed E-state index contributed by atoms with van der Waals surface area (Å²) < 4.78 is 0. The number of thiophene rings is 1. The summed E-state index contributed by atoms with van der Waals surface area (Å²) in [6.45, 7) is 4.29. The van der Waals surface area contributed by atoms with Crippen LogP contribution in [0, 0.1) is 13.8 Å². The average molecular weight is 449 g/mol. The molecule has 0 saturated carbocycles. The lowest BCUT2D eigenvalue weighted by atomic mass is 10.1. The molecule has 0 unspecified atom stereocenters. The molecule has 156 valence electrons. The molecule has 5 rings (SSSR count). The van der Waals surface area contributed by atoms with Gasteiger partial charge in [-0.2, -0.15) is 0 Å². The van der Waals surface area contributed by atoms with Crippen molar-refractivity contribution in [2.45, 2.75) is 13.8 Å². The molecule has 0 aliphatic heterocycles. The fourth-order valence-corrected chi connectivity index (χ4v) is 7.85. The zero-order chi connectivity index (χ0) is 21.9. The Morgan fingerprint density at radius 2 is 1.00 bits per heavy atom. The van der Waals surface area contributed by atoms with Gasteiger partial charge in [0, 0.05) is 15.1 Å². The van der Waals surface area contributed by atoms with Crippen molar-refractivity contribution in [3.8, 4) is 20.9 Å². The Kier molecular flexibility index (Phi) is 6.04. The molecule has 32 heavy (non-hydrogen) atoms. The first-order valence-corrected chi connectivity index (χ1v) is 13.0. The second kappa shape index (κ2) is 9.25. The Hall–Kier alpha value is -2.99. The molecular weight excluding hydrogens is 423 g/mol. The van der Waals surface area contributed by atoms with Gasteiger partial charge in [0.1, 0.15) is 0 Å². The molecule has 0 saturated heterocycles. The Bertz CT molecular complexity index is 1260. The fourth-order valence-electron chi connectivity index (χ4n) is 3.90. The topological polar surface area (TPSA) is 0 Å². The highest BCUT2D eigenvalue weighted by Gasteiger charge is 2.23. The first kappa shape index (κ1) is 20.9. The van der Waals surface area contributed by atoms with E-state index in [4.69, 9.17) is 0 Å². The summed E-state index contributed by atoms with van der Waals surface area (Å²) in [6.07, 6.45) is 0. The third-order valence-electron chi connectivity index (χ3n) is 5.63. The zero-order valence-corrected chi connectivity index (χ0v) is 20.0. The van der Waals surface area contributed by atoms with Crippen molar-refractivity contribution < 1.29 is 0 Å². The van der Waals surface area contributed by atoms with Crippen LogP contribution >= 0.6 is 19.3 Å². The average Bonchev–Trinajstić information content (AvgIpc) is 3.26. The lowest BCUT2D eigenvalue weighted by molar-refractivity contribution is 1.48. The van der Waals surface area contributed by atoms with Crippen LogP contribution in [-0.4, -0.2) is 0 Å². The highest BCUT2D eigenvalue weighted by atomic mass is 32.1. The highest BCUT2D eigenvalue weighted by molar-refractivity contribution is 7.80. The van der Waals surface area contributed by atoms with Crippen molar-refractivity contribution >= 4 is 35.2 Å². The van der Waals surface area contributed by atoms with Crippen LogP contribution in [0.4, 0.5) is 0 Å². The predicted octanol–water partition coefficient (Wildman–Crippen LogP) is 7.46. The van der Waals surface area contributed by atoms with Crippen LogP contribution in [0.5, 0.6) is 0 Å². The van der Waals surface area contributed by atoms with E-state index in [-0.39, 0.29) is 0 Å². The van der Waals surface area contributed by atoms with Gasteiger partial charge >= 0.3 is 0 Å². The largest absolute Gasteiger partial charge is 0.135 e. The molecule has 0 bridgehead atoms. The van der Waals surface area contributed by atoms with Gasteiger partial charge in [-0.15, -0.1) is 11.3 Å². The molecule has 0 radical (unpaired) electrons. The molecule has 0 aliphatic rings. The summed E-state index contributed by atoms with van der Waals surface area (Å²) in [7, 11) is -0.663. The number of aryl methyl sites for hydroxylation is 2. The van der Waals surface area contributed by atoms with E-state index in [0.717, 1.165) is 0 Å². The second-order valence-corrected chi connectivity index (χ2v) is 11.3. The molecule has 0 amide bonds. The van der Waals surface area contributed by atoms with Crippen LogP contribution < -0.4 is 15.9 Å². The first-order valence-electron chi connectivity index (χ1n) is 10.9. The van der Waals surface area contributed by atoms with Crippen molar-refractivity contribution in [1.29, 1.82) is 0 Å². The smallest absolute Gasteiger partial charge is 0.0432 e. The monoisotopic (exact) mass is 448 g/mol. The fraction of sp³-hybridized carbons (Fsp3) is 0.0667. The van der Waals surface area contributed by atoms with Crippen molar-refractivity contribution in [3.63, 3.8) is 0 Å². The summed E-state index contributed by atoms with van der Waals surface area (Å²) in [4.78, 5) is 2.70. The molecule has 0 N–H and O–H groups in total. The van der Waals surface area contributed by atoms with Crippen LogP contribution in [0.15, 0.2) is 115 Å². The van der Waals surface area contributed by atoms with Gasteiger partial charge < -0.3 is 0 Å². The number of rotatable bonds is 5. The molecule has 5 aromatic rings. The summed E-state index contributed by atoms with van der Waals surface area (Å²) in [5.74, 6) is 0. The predicted molar refractivity (Wildman–Crippen MR) is 143 cm³/mol. The Morgan fingerprint density at radius 3 is 1.50 bits per heavy atom. The minimum Gasteiger partial charge on any atom is -0.135 e. The van der Waals surface area contributed by atoms with Gasteiger partial charge in [-0.3, -0.25) is 0 Å². The lowest BCUT2D eigenvalue weighted by Gasteiger charge is -2.20. The normalized spacial score (nSPS) is 11.1. The Labute approximate surface area is 196 Å². The zero-order valence-electron chi connectivity index (χ0n) is 18.3. The maximum atomic E-state index is 2.44. The summed E-state index contributed by atoms with van der Waals surface area (Å²) in [6, 6.07) is 42.3. The van der Waals surface area contributed by atoms with Crippen molar-refractivity contribution in [2.24, 2.45) is 0 Å².